The first-order valence-electron chi connectivity index (χ1n) is 7.05. The molecule has 1 aromatic heterocycles. The molecule has 104 valence electrons. The first-order valence-corrected chi connectivity index (χ1v) is 7.05. The Morgan fingerprint density at radius 3 is 2.47 bits per heavy atom. The Morgan fingerprint density at radius 1 is 1.21 bits per heavy atom. The average Bonchev–Trinajstić information content (AvgIpc) is 2.32. The third-order valence-electron chi connectivity index (χ3n) is 3.66. The number of nitro groups is 1. The van der Waals surface area contributed by atoms with Crippen LogP contribution in [0.2, 0.25) is 0 Å². The summed E-state index contributed by atoms with van der Waals surface area (Å²) in [5.74, 6) is 0.426. The monoisotopic (exact) mass is 263 g/mol. The van der Waals surface area contributed by atoms with Gasteiger partial charge in [0.15, 0.2) is 0 Å². The number of nitrogens with zero attached hydrogens (tertiary/aromatic N) is 2. The molecule has 0 saturated heterocycles. The van der Waals surface area contributed by atoms with E-state index < -0.39 is 0 Å². The first-order chi connectivity index (χ1) is 9.16. The molecule has 0 bridgehead atoms. The van der Waals surface area contributed by atoms with Crippen LogP contribution in [0.25, 0.3) is 0 Å². The lowest BCUT2D eigenvalue weighted by Crippen LogP contribution is -2.22. The van der Waals surface area contributed by atoms with Crippen LogP contribution in [-0.2, 0) is 0 Å². The highest BCUT2D eigenvalue weighted by molar-refractivity contribution is 5.56. The van der Waals surface area contributed by atoms with E-state index in [1.54, 1.807) is 6.07 Å². The summed E-state index contributed by atoms with van der Waals surface area (Å²) >= 11 is 0. The van der Waals surface area contributed by atoms with Crippen LogP contribution >= 0.6 is 0 Å². The van der Waals surface area contributed by atoms with Gasteiger partial charge in [-0.2, -0.15) is 0 Å². The van der Waals surface area contributed by atoms with Gasteiger partial charge in [0.25, 0.3) is 0 Å². The molecule has 0 radical (unpaired) electrons. The largest absolute Gasteiger partial charge is 0.362 e. The van der Waals surface area contributed by atoms with Crippen molar-refractivity contribution in [1.82, 2.24) is 4.98 Å². The zero-order valence-electron chi connectivity index (χ0n) is 11.4. The molecule has 1 N–H and O–H groups in total. The maximum atomic E-state index is 11.0. The van der Waals surface area contributed by atoms with Gasteiger partial charge in [0.2, 0.25) is 5.82 Å². The Balaban J connectivity index is 2.11. The van der Waals surface area contributed by atoms with E-state index in [9.17, 15) is 10.1 Å². The van der Waals surface area contributed by atoms with E-state index in [-0.39, 0.29) is 10.6 Å². The highest BCUT2D eigenvalue weighted by Gasteiger charge is 2.19. The Kier molecular flexibility index (Phi) is 4.71. The van der Waals surface area contributed by atoms with Gasteiger partial charge in [-0.15, -0.1) is 0 Å². The molecule has 0 aliphatic heterocycles. The van der Waals surface area contributed by atoms with Gasteiger partial charge in [-0.05, 0) is 25.8 Å². The maximum Gasteiger partial charge on any atom is 0.311 e. The van der Waals surface area contributed by atoms with E-state index in [0.717, 1.165) is 18.5 Å². The fraction of sp³-hybridized carbons (Fsp3) is 0.643. The van der Waals surface area contributed by atoms with E-state index in [2.05, 4.69) is 10.3 Å². The minimum Gasteiger partial charge on any atom is -0.362 e. The minimum atomic E-state index is -0.363. The molecule has 1 saturated carbocycles. The van der Waals surface area contributed by atoms with Crippen LogP contribution in [0.5, 0.6) is 0 Å². The second kappa shape index (κ2) is 6.50. The SMILES string of the molecule is Cc1ccc([N+](=O)[O-])c(NC2CCCCCCC2)n1. The molecule has 1 fully saturated rings. The van der Waals surface area contributed by atoms with Crippen LogP contribution in [0.4, 0.5) is 11.5 Å². The molecule has 5 nitrogen and oxygen atoms in total. The lowest BCUT2D eigenvalue weighted by atomic mass is 9.97. The summed E-state index contributed by atoms with van der Waals surface area (Å²) in [5, 5.41) is 14.3. The Hall–Kier alpha value is -1.65. The van der Waals surface area contributed by atoms with Crippen LogP contribution in [0, 0.1) is 17.0 Å². The molecule has 1 aromatic rings. The molecular formula is C14H21N3O2. The molecular weight excluding hydrogens is 242 g/mol. The van der Waals surface area contributed by atoms with Crippen LogP contribution in [0.1, 0.15) is 50.6 Å². The van der Waals surface area contributed by atoms with E-state index in [1.165, 1.54) is 38.2 Å². The third kappa shape index (κ3) is 3.91. The number of aryl methyl sites for hydroxylation is 1. The molecule has 19 heavy (non-hydrogen) atoms. The highest BCUT2D eigenvalue weighted by atomic mass is 16.6. The zero-order chi connectivity index (χ0) is 13.7. The average molecular weight is 263 g/mol. The van der Waals surface area contributed by atoms with Gasteiger partial charge in [0.05, 0.1) is 4.92 Å². The Morgan fingerprint density at radius 2 is 1.84 bits per heavy atom. The molecule has 0 spiro atoms. The molecule has 2 rings (SSSR count). The van der Waals surface area contributed by atoms with E-state index in [4.69, 9.17) is 0 Å². The van der Waals surface area contributed by atoms with Crippen molar-refractivity contribution in [3.63, 3.8) is 0 Å². The van der Waals surface area contributed by atoms with Gasteiger partial charge in [-0.25, -0.2) is 4.98 Å². The van der Waals surface area contributed by atoms with Crippen LogP contribution in [0.3, 0.4) is 0 Å². The summed E-state index contributed by atoms with van der Waals surface area (Å²) in [6, 6.07) is 3.53. The molecule has 0 aromatic carbocycles. The van der Waals surface area contributed by atoms with E-state index in [0.29, 0.717) is 11.9 Å². The Labute approximate surface area is 113 Å². The van der Waals surface area contributed by atoms with Gasteiger partial charge in [-0.3, -0.25) is 10.1 Å². The number of rotatable bonds is 3. The second-order valence-corrected chi connectivity index (χ2v) is 5.26. The topological polar surface area (TPSA) is 68.1 Å². The fourth-order valence-corrected chi connectivity index (χ4v) is 2.60. The number of pyridine rings is 1. The predicted molar refractivity (Wildman–Crippen MR) is 75.4 cm³/mol. The number of nitrogens with one attached hydrogen (secondary N) is 1. The fourth-order valence-electron chi connectivity index (χ4n) is 2.60. The maximum absolute atomic E-state index is 11.0. The lowest BCUT2D eigenvalue weighted by molar-refractivity contribution is -0.384. The first kappa shape index (κ1) is 13.8. The number of anilines is 1. The summed E-state index contributed by atoms with van der Waals surface area (Å²) in [6.07, 6.45) is 8.38. The van der Waals surface area contributed by atoms with Gasteiger partial charge in [-0.1, -0.05) is 32.1 Å². The normalized spacial score (nSPS) is 17.5. The van der Waals surface area contributed by atoms with Crippen molar-refractivity contribution in [2.75, 3.05) is 5.32 Å². The van der Waals surface area contributed by atoms with Gasteiger partial charge >= 0.3 is 5.69 Å². The van der Waals surface area contributed by atoms with Gasteiger partial charge in [0.1, 0.15) is 0 Å². The summed E-state index contributed by atoms with van der Waals surface area (Å²) in [6.45, 7) is 1.85. The summed E-state index contributed by atoms with van der Waals surface area (Å²) in [4.78, 5) is 14.9. The summed E-state index contributed by atoms with van der Waals surface area (Å²) in [7, 11) is 0. The van der Waals surface area contributed by atoms with Crippen molar-refractivity contribution in [3.05, 3.63) is 27.9 Å². The van der Waals surface area contributed by atoms with Crippen LogP contribution in [0.15, 0.2) is 12.1 Å². The van der Waals surface area contributed by atoms with Crippen molar-refractivity contribution in [3.8, 4) is 0 Å². The van der Waals surface area contributed by atoms with Crippen molar-refractivity contribution < 1.29 is 4.92 Å². The van der Waals surface area contributed by atoms with Crippen LogP contribution < -0.4 is 5.32 Å². The molecule has 1 heterocycles. The Bertz CT molecular complexity index is 440. The summed E-state index contributed by atoms with van der Waals surface area (Å²) < 4.78 is 0. The number of hydrogen-bond donors (Lipinski definition) is 1. The molecule has 1 aliphatic carbocycles. The minimum absolute atomic E-state index is 0.0765. The van der Waals surface area contributed by atoms with Crippen molar-refractivity contribution >= 4 is 11.5 Å². The van der Waals surface area contributed by atoms with Crippen molar-refractivity contribution in [2.45, 2.75) is 57.9 Å². The smallest absolute Gasteiger partial charge is 0.311 e. The molecule has 5 heteroatoms. The quantitative estimate of drug-likeness (QED) is 0.665. The molecule has 0 unspecified atom stereocenters. The highest BCUT2D eigenvalue weighted by Crippen LogP contribution is 2.26. The molecule has 1 aliphatic rings. The molecule has 0 atom stereocenters. The predicted octanol–water partition coefficient (Wildman–Crippen LogP) is 3.82. The van der Waals surface area contributed by atoms with E-state index >= 15 is 0 Å². The molecule has 0 amide bonds. The van der Waals surface area contributed by atoms with Gasteiger partial charge in [0, 0.05) is 17.8 Å². The second-order valence-electron chi connectivity index (χ2n) is 5.26. The van der Waals surface area contributed by atoms with Crippen molar-refractivity contribution in [1.29, 1.82) is 0 Å². The number of aromatic nitrogens is 1. The van der Waals surface area contributed by atoms with Crippen molar-refractivity contribution in [2.24, 2.45) is 0 Å². The van der Waals surface area contributed by atoms with E-state index in [1.807, 2.05) is 6.92 Å². The third-order valence-corrected chi connectivity index (χ3v) is 3.66. The lowest BCUT2D eigenvalue weighted by Gasteiger charge is -2.21. The number of hydrogen-bond acceptors (Lipinski definition) is 4. The summed E-state index contributed by atoms with van der Waals surface area (Å²) in [5.41, 5.74) is 0.881. The van der Waals surface area contributed by atoms with Gasteiger partial charge < -0.3 is 5.32 Å². The van der Waals surface area contributed by atoms with Crippen LogP contribution in [-0.4, -0.2) is 15.9 Å². The standard InChI is InChI=1S/C14H21N3O2/c1-11-9-10-13(17(18)19)14(15-11)16-12-7-5-3-2-4-6-8-12/h9-10,12H,2-8H2,1H3,(H,15,16). The zero-order valence-corrected chi connectivity index (χ0v) is 11.4.